The number of Topliss-reactive ketones (excluding diaryl/α,β-unsaturated/α-hetero) is 1. The average Bonchev–Trinajstić information content (AvgIpc) is 3.39. The van der Waals surface area contributed by atoms with E-state index in [1.165, 1.54) is 0 Å². The van der Waals surface area contributed by atoms with Crippen LogP contribution in [-0.4, -0.2) is 99.3 Å². The van der Waals surface area contributed by atoms with Gasteiger partial charge < -0.3 is 34.1 Å². The lowest BCUT2D eigenvalue weighted by Gasteiger charge is -2.33. The molecule has 0 saturated carbocycles. The number of nitrogens with zero attached hydrogens (tertiary/aromatic N) is 3. The van der Waals surface area contributed by atoms with Gasteiger partial charge in [-0.25, -0.2) is 4.79 Å². The highest BCUT2D eigenvalue weighted by molar-refractivity contribution is 9.10. The number of ketones is 1. The number of methoxy groups -OCH3 is 1. The van der Waals surface area contributed by atoms with Gasteiger partial charge >= 0.3 is 6.09 Å². The zero-order valence-corrected chi connectivity index (χ0v) is 24.9. The Kier molecular flexibility index (Phi) is 8.69. The molecule has 1 N–H and O–H groups in total. The minimum absolute atomic E-state index is 0.109. The quantitative estimate of drug-likeness (QED) is 0.460. The van der Waals surface area contributed by atoms with Crippen LogP contribution in [0.3, 0.4) is 0 Å². The third kappa shape index (κ3) is 5.98. The highest BCUT2D eigenvalue weighted by atomic mass is 79.9. The molecule has 0 atom stereocenters. The third-order valence-corrected chi connectivity index (χ3v) is 8.21. The van der Waals surface area contributed by atoms with Crippen LogP contribution in [0.1, 0.15) is 28.4 Å². The van der Waals surface area contributed by atoms with E-state index < -0.39 is 0 Å². The fourth-order valence-electron chi connectivity index (χ4n) is 5.17. The van der Waals surface area contributed by atoms with Gasteiger partial charge in [-0.2, -0.15) is 0 Å². The Morgan fingerprint density at radius 2 is 1.73 bits per heavy atom. The van der Waals surface area contributed by atoms with E-state index in [4.69, 9.17) is 18.9 Å². The summed E-state index contributed by atoms with van der Waals surface area (Å²) < 4.78 is 22.9. The molecule has 3 aliphatic heterocycles. The average molecular weight is 630 g/mol. The van der Waals surface area contributed by atoms with Gasteiger partial charge in [0.2, 0.25) is 24.2 Å². The van der Waals surface area contributed by atoms with Crippen LogP contribution >= 0.6 is 15.9 Å². The topological polar surface area (TPSA) is 110 Å². The predicted molar refractivity (Wildman–Crippen MR) is 156 cm³/mol. The number of ether oxygens (including phenoxy) is 4. The summed E-state index contributed by atoms with van der Waals surface area (Å²) in [6, 6.07) is 6.88. The molecule has 0 unspecified atom stereocenters. The van der Waals surface area contributed by atoms with E-state index in [0.29, 0.717) is 79.9 Å². The molecule has 1 saturated heterocycles. The van der Waals surface area contributed by atoms with Crippen molar-refractivity contribution in [3.63, 3.8) is 0 Å². The molecule has 12 heteroatoms. The Hall–Kier alpha value is -3.77. The van der Waals surface area contributed by atoms with Crippen molar-refractivity contribution in [2.24, 2.45) is 0 Å². The summed E-state index contributed by atoms with van der Waals surface area (Å²) in [5, 5.41) is 2.90. The smallest absolute Gasteiger partial charge is 0.409 e. The molecule has 5 rings (SSSR count). The number of carbonyl (C=O) groups is 3. The molecule has 2 amide bonds. The van der Waals surface area contributed by atoms with Crippen LogP contribution in [0.25, 0.3) is 6.08 Å². The summed E-state index contributed by atoms with van der Waals surface area (Å²) in [4.78, 5) is 43.8. The number of carbonyl (C=O) groups excluding carboxylic acids is 3. The summed E-state index contributed by atoms with van der Waals surface area (Å²) in [7, 11) is 3.46. The van der Waals surface area contributed by atoms with Gasteiger partial charge in [0.1, 0.15) is 0 Å². The second-order valence-corrected chi connectivity index (χ2v) is 10.7. The van der Waals surface area contributed by atoms with Crippen LogP contribution in [0, 0.1) is 0 Å². The van der Waals surface area contributed by atoms with Gasteiger partial charge in [0, 0.05) is 56.6 Å². The van der Waals surface area contributed by atoms with Gasteiger partial charge in [-0.3, -0.25) is 14.5 Å². The first-order valence-corrected chi connectivity index (χ1v) is 14.3. The number of fused-ring (bicyclic) bond motifs is 2. The second-order valence-electron chi connectivity index (χ2n) is 9.92. The van der Waals surface area contributed by atoms with E-state index >= 15 is 0 Å². The molecule has 0 aliphatic carbocycles. The zero-order valence-electron chi connectivity index (χ0n) is 23.3. The molecule has 0 spiro atoms. The summed E-state index contributed by atoms with van der Waals surface area (Å²) >= 11 is 3.66. The minimum atomic E-state index is -0.319. The van der Waals surface area contributed by atoms with Gasteiger partial charge in [0.05, 0.1) is 30.4 Å². The lowest BCUT2D eigenvalue weighted by atomic mass is 10.0. The first-order valence-electron chi connectivity index (χ1n) is 13.5. The number of amides is 2. The molecule has 0 radical (unpaired) electrons. The highest BCUT2D eigenvalue weighted by Crippen LogP contribution is 2.51. The SMILES string of the molecule is CCOC(=O)N1CCN(CC(=O)Nc2ccc(C(=O)C3=Cc4c(c(Br)c5c(c4OC)OCO5)CCN3C)cc2)CC1. The van der Waals surface area contributed by atoms with Crippen molar-refractivity contribution in [2.45, 2.75) is 13.3 Å². The third-order valence-electron chi connectivity index (χ3n) is 7.38. The van der Waals surface area contributed by atoms with E-state index in [9.17, 15) is 14.4 Å². The maximum atomic E-state index is 13.7. The first-order chi connectivity index (χ1) is 19.8. The van der Waals surface area contributed by atoms with Crippen molar-refractivity contribution in [1.29, 1.82) is 0 Å². The zero-order chi connectivity index (χ0) is 29.1. The van der Waals surface area contributed by atoms with E-state index in [1.807, 2.05) is 22.9 Å². The Bertz CT molecular complexity index is 1370. The molecule has 0 aromatic heterocycles. The normalized spacial score (nSPS) is 16.4. The number of hydrogen-bond acceptors (Lipinski definition) is 9. The van der Waals surface area contributed by atoms with Crippen molar-refractivity contribution in [3.05, 3.63) is 51.1 Å². The lowest BCUT2D eigenvalue weighted by Crippen LogP contribution is -2.50. The van der Waals surface area contributed by atoms with Crippen molar-refractivity contribution in [1.82, 2.24) is 14.7 Å². The van der Waals surface area contributed by atoms with Gasteiger partial charge in [-0.05, 0) is 65.2 Å². The molecular formula is C29H33BrN4O7. The van der Waals surface area contributed by atoms with Crippen molar-refractivity contribution in [3.8, 4) is 17.2 Å². The van der Waals surface area contributed by atoms with Crippen LogP contribution in [0.5, 0.6) is 17.2 Å². The van der Waals surface area contributed by atoms with Crippen LogP contribution in [-0.2, 0) is 16.0 Å². The van der Waals surface area contributed by atoms with E-state index in [1.54, 1.807) is 43.2 Å². The number of halogens is 1. The molecule has 11 nitrogen and oxygen atoms in total. The van der Waals surface area contributed by atoms with Crippen LogP contribution in [0.15, 0.2) is 34.4 Å². The van der Waals surface area contributed by atoms with E-state index in [-0.39, 0.29) is 31.1 Å². The molecular weight excluding hydrogens is 596 g/mol. The lowest BCUT2D eigenvalue weighted by molar-refractivity contribution is -0.117. The number of piperazine rings is 1. The van der Waals surface area contributed by atoms with Gasteiger partial charge in [0.15, 0.2) is 11.5 Å². The number of benzene rings is 2. The molecule has 0 bridgehead atoms. The van der Waals surface area contributed by atoms with Crippen molar-refractivity contribution >= 4 is 45.5 Å². The van der Waals surface area contributed by atoms with Gasteiger partial charge in [-0.1, -0.05) is 0 Å². The predicted octanol–water partition coefficient (Wildman–Crippen LogP) is 3.61. The Morgan fingerprint density at radius 1 is 1.02 bits per heavy atom. The molecule has 218 valence electrons. The molecule has 3 heterocycles. The number of likely N-dealkylation sites (N-methyl/N-ethyl adjacent to an activating group) is 1. The summed E-state index contributed by atoms with van der Waals surface area (Å²) in [5.74, 6) is 1.37. The fourth-order valence-corrected chi connectivity index (χ4v) is 5.88. The number of rotatable bonds is 7. The Balaban J connectivity index is 1.25. The number of hydrogen-bond donors (Lipinski definition) is 1. The van der Waals surface area contributed by atoms with Gasteiger partial charge in [0.25, 0.3) is 0 Å². The fraction of sp³-hybridized carbons (Fsp3) is 0.414. The summed E-state index contributed by atoms with van der Waals surface area (Å²) in [6.07, 6.45) is 2.20. The van der Waals surface area contributed by atoms with Crippen LogP contribution < -0.4 is 19.5 Å². The molecule has 1 fully saturated rings. The highest BCUT2D eigenvalue weighted by Gasteiger charge is 2.32. The van der Waals surface area contributed by atoms with Gasteiger partial charge in [-0.15, -0.1) is 0 Å². The maximum Gasteiger partial charge on any atom is 0.409 e. The minimum Gasteiger partial charge on any atom is -0.492 e. The Labute approximate surface area is 247 Å². The standard InChI is InChI=1S/C29H33BrN4O7/c1-4-39-29(37)34-13-11-33(12-14-34)16-23(35)31-19-7-5-18(6-8-19)25(36)22-15-21-20(9-10-32(22)2)24(30)27-28(26(21)38-3)41-17-40-27/h5-8,15H,4,9-14,16-17H2,1-3H3,(H,31,35). The number of allylic oxidation sites excluding steroid dienone is 1. The summed E-state index contributed by atoms with van der Waals surface area (Å²) in [5.41, 5.74) is 3.39. The van der Waals surface area contributed by atoms with Crippen molar-refractivity contribution in [2.75, 3.05) is 72.1 Å². The largest absolute Gasteiger partial charge is 0.492 e. The van der Waals surface area contributed by atoms with Crippen LogP contribution in [0.2, 0.25) is 0 Å². The van der Waals surface area contributed by atoms with Crippen LogP contribution in [0.4, 0.5) is 10.5 Å². The molecule has 2 aromatic rings. The molecule has 41 heavy (non-hydrogen) atoms. The number of nitrogens with one attached hydrogen (secondary N) is 1. The second kappa shape index (κ2) is 12.4. The molecule has 2 aromatic carbocycles. The van der Waals surface area contributed by atoms with Crippen molar-refractivity contribution < 1.29 is 33.3 Å². The Morgan fingerprint density at radius 3 is 2.41 bits per heavy atom. The molecule has 3 aliphatic rings. The first kappa shape index (κ1) is 28.7. The maximum absolute atomic E-state index is 13.7. The monoisotopic (exact) mass is 628 g/mol. The summed E-state index contributed by atoms with van der Waals surface area (Å²) in [6.45, 7) is 5.28. The van der Waals surface area contributed by atoms with E-state index in [0.717, 1.165) is 15.6 Å². The van der Waals surface area contributed by atoms with E-state index in [2.05, 4.69) is 21.2 Å². The number of anilines is 1.